The van der Waals surface area contributed by atoms with E-state index in [4.69, 9.17) is 14.6 Å². The average Bonchev–Trinajstić information content (AvgIpc) is 2.54. The van der Waals surface area contributed by atoms with Crippen LogP contribution in [0, 0.1) is 0 Å². The first-order valence-electron chi connectivity index (χ1n) is 6.62. The molecule has 0 aliphatic rings. The minimum Gasteiger partial charge on any atom is -0.497 e. The average molecular weight is 415 g/mol. The highest BCUT2D eigenvalue weighted by Crippen LogP contribution is 2.30. The number of rotatable bonds is 5. The minimum absolute atomic E-state index is 0.139. The number of amides is 1. The van der Waals surface area contributed by atoms with Crippen molar-refractivity contribution in [1.82, 2.24) is 0 Å². The lowest BCUT2D eigenvalue weighted by atomic mass is 10.2. The van der Waals surface area contributed by atoms with Crippen LogP contribution in [0.15, 0.2) is 45.8 Å². The number of carbonyl (C=O) groups is 1. The van der Waals surface area contributed by atoms with Crippen LogP contribution in [0.5, 0.6) is 11.5 Å². The van der Waals surface area contributed by atoms with E-state index in [2.05, 4.69) is 21.2 Å². The topological polar surface area (TPSA) is 108 Å². The zero-order valence-electron chi connectivity index (χ0n) is 12.9. The molecule has 7 nitrogen and oxygen atoms in total. The third-order valence-corrected chi connectivity index (χ3v) is 5.06. The number of ether oxygens (including phenoxy) is 2. The molecule has 0 saturated carbocycles. The van der Waals surface area contributed by atoms with E-state index in [-0.39, 0.29) is 14.9 Å². The Morgan fingerprint density at radius 3 is 2.42 bits per heavy atom. The molecule has 2 aromatic carbocycles. The first kappa shape index (κ1) is 18.2. The van der Waals surface area contributed by atoms with E-state index >= 15 is 0 Å². The normalized spacial score (nSPS) is 11.0. The van der Waals surface area contributed by atoms with E-state index in [0.29, 0.717) is 17.2 Å². The van der Waals surface area contributed by atoms with Crippen LogP contribution in [0.2, 0.25) is 0 Å². The van der Waals surface area contributed by atoms with Crippen molar-refractivity contribution in [2.24, 2.45) is 5.14 Å². The molecule has 0 spiro atoms. The van der Waals surface area contributed by atoms with Gasteiger partial charge in [-0.15, -0.1) is 0 Å². The number of benzene rings is 2. The van der Waals surface area contributed by atoms with Gasteiger partial charge in [0.05, 0.1) is 24.8 Å². The van der Waals surface area contributed by atoms with Crippen molar-refractivity contribution in [3.63, 3.8) is 0 Å². The van der Waals surface area contributed by atoms with Gasteiger partial charge in [-0.3, -0.25) is 4.79 Å². The Hall–Kier alpha value is -2.10. The zero-order chi connectivity index (χ0) is 17.9. The summed E-state index contributed by atoms with van der Waals surface area (Å²) in [5.41, 5.74) is 0.559. The highest BCUT2D eigenvalue weighted by molar-refractivity contribution is 9.10. The summed E-state index contributed by atoms with van der Waals surface area (Å²) in [6, 6.07) is 9.02. The second-order valence-electron chi connectivity index (χ2n) is 4.71. The molecule has 0 unspecified atom stereocenters. The van der Waals surface area contributed by atoms with E-state index in [1.165, 1.54) is 32.4 Å². The smallest absolute Gasteiger partial charge is 0.255 e. The summed E-state index contributed by atoms with van der Waals surface area (Å²) in [6.45, 7) is 0. The lowest BCUT2D eigenvalue weighted by Gasteiger charge is -2.12. The van der Waals surface area contributed by atoms with E-state index in [9.17, 15) is 13.2 Å². The third-order valence-electron chi connectivity index (χ3n) is 3.16. The second kappa shape index (κ2) is 7.20. The molecule has 2 aromatic rings. The van der Waals surface area contributed by atoms with Gasteiger partial charge >= 0.3 is 0 Å². The molecule has 3 N–H and O–H groups in total. The van der Waals surface area contributed by atoms with Crippen LogP contribution in [0.25, 0.3) is 0 Å². The number of sulfonamides is 1. The van der Waals surface area contributed by atoms with Crippen LogP contribution in [0.3, 0.4) is 0 Å². The Morgan fingerprint density at radius 1 is 1.12 bits per heavy atom. The first-order chi connectivity index (χ1) is 11.3. The molecule has 0 heterocycles. The third kappa shape index (κ3) is 4.05. The zero-order valence-corrected chi connectivity index (χ0v) is 15.3. The summed E-state index contributed by atoms with van der Waals surface area (Å²) in [7, 11) is -0.973. The Labute approximate surface area is 147 Å². The maximum atomic E-state index is 12.4. The Bertz CT molecular complexity index is 883. The van der Waals surface area contributed by atoms with Crippen LogP contribution < -0.4 is 19.9 Å². The molecule has 0 saturated heterocycles. The highest BCUT2D eigenvalue weighted by Gasteiger charge is 2.17. The number of nitrogens with two attached hydrogens (primary N) is 1. The maximum Gasteiger partial charge on any atom is 0.255 e. The Morgan fingerprint density at radius 2 is 1.83 bits per heavy atom. The van der Waals surface area contributed by atoms with Gasteiger partial charge in [0.2, 0.25) is 10.0 Å². The van der Waals surface area contributed by atoms with Gasteiger partial charge < -0.3 is 14.8 Å². The van der Waals surface area contributed by atoms with Gasteiger partial charge in [0, 0.05) is 16.1 Å². The molecule has 0 aliphatic heterocycles. The number of halogens is 1. The summed E-state index contributed by atoms with van der Waals surface area (Å²) >= 11 is 3.10. The number of methoxy groups -OCH3 is 2. The number of nitrogens with one attached hydrogen (secondary N) is 1. The van der Waals surface area contributed by atoms with E-state index in [1.807, 2.05) is 0 Å². The largest absolute Gasteiger partial charge is 0.497 e. The van der Waals surface area contributed by atoms with Crippen molar-refractivity contribution in [2.45, 2.75) is 4.90 Å². The molecular weight excluding hydrogens is 400 g/mol. The van der Waals surface area contributed by atoms with Gasteiger partial charge in [-0.2, -0.15) is 0 Å². The number of primary sulfonamides is 1. The molecule has 9 heteroatoms. The highest BCUT2D eigenvalue weighted by atomic mass is 79.9. The molecule has 0 bridgehead atoms. The number of anilines is 1. The van der Waals surface area contributed by atoms with Gasteiger partial charge in [-0.05, 0) is 46.3 Å². The Kier molecular flexibility index (Phi) is 5.47. The van der Waals surface area contributed by atoms with E-state index in [1.54, 1.807) is 18.2 Å². The molecule has 24 heavy (non-hydrogen) atoms. The molecule has 0 aliphatic carbocycles. The number of hydrogen-bond donors (Lipinski definition) is 2. The second-order valence-corrected chi connectivity index (χ2v) is 7.09. The summed E-state index contributed by atoms with van der Waals surface area (Å²) in [4.78, 5) is 12.2. The van der Waals surface area contributed by atoms with Gasteiger partial charge in [0.1, 0.15) is 11.5 Å². The molecule has 0 fully saturated rings. The van der Waals surface area contributed by atoms with E-state index < -0.39 is 15.9 Å². The Balaban J connectivity index is 2.34. The fraction of sp³-hybridized carbons (Fsp3) is 0.133. The summed E-state index contributed by atoms with van der Waals surface area (Å²) < 4.78 is 33.7. The van der Waals surface area contributed by atoms with Crippen LogP contribution >= 0.6 is 15.9 Å². The van der Waals surface area contributed by atoms with Crippen molar-refractivity contribution < 1.29 is 22.7 Å². The molecule has 0 radical (unpaired) electrons. The van der Waals surface area contributed by atoms with Crippen LogP contribution in [-0.2, 0) is 10.0 Å². The van der Waals surface area contributed by atoms with Crippen molar-refractivity contribution in [3.8, 4) is 11.5 Å². The molecular formula is C15H15BrN2O5S. The molecule has 128 valence electrons. The number of carbonyl (C=O) groups excluding carboxylic acids is 1. The van der Waals surface area contributed by atoms with Crippen molar-refractivity contribution in [3.05, 3.63) is 46.4 Å². The summed E-state index contributed by atoms with van der Waals surface area (Å²) in [5.74, 6) is 0.479. The monoisotopic (exact) mass is 414 g/mol. The van der Waals surface area contributed by atoms with Crippen molar-refractivity contribution in [2.75, 3.05) is 19.5 Å². The number of hydrogen-bond acceptors (Lipinski definition) is 5. The summed E-state index contributed by atoms with van der Waals surface area (Å²) in [5, 5.41) is 7.79. The van der Waals surface area contributed by atoms with Gasteiger partial charge in [0.25, 0.3) is 5.91 Å². The lowest BCUT2D eigenvalue weighted by molar-refractivity contribution is 0.102. The quantitative estimate of drug-likeness (QED) is 0.780. The van der Waals surface area contributed by atoms with Crippen LogP contribution in [0.1, 0.15) is 10.4 Å². The van der Waals surface area contributed by atoms with Crippen LogP contribution in [-0.4, -0.2) is 28.5 Å². The fourth-order valence-electron chi connectivity index (χ4n) is 1.96. The predicted molar refractivity (Wildman–Crippen MR) is 93.0 cm³/mol. The first-order valence-corrected chi connectivity index (χ1v) is 8.96. The fourth-order valence-corrected chi connectivity index (χ4v) is 3.51. The van der Waals surface area contributed by atoms with Gasteiger partial charge in [-0.25, -0.2) is 13.6 Å². The van der Waals surface area contributed by atoms with Crippen molar-refractivity contribution in [1.29, 1.82) is 0 Å². The molecule has 1 amide bonds. The van der Waals surface area contributed by atoms with E-state index in [0.717, 1.165) is 0 Å². The standard InChI is InChI=1S/C15H15BrN2O5S/c1-22-10-4-6-12(13(8-10)23-2)18-15(19)9-3-5-11(16)14(7-9)24(17,20)21/h3-8H,1-2H3,(H,18,19)(H2,17,20,21). The predicted octanol–water partition coefficient (Wildman–Crippen LogP) is 2.37. The molecule has 0 aromatic heterocycles. The van der Waals surface area contributed by atoms with Crippen LogP contribution in [0.4, 0.5) is 5.69 Å². The molecule has 0 atom stereocenters. The SMILES string of the molecule is COc1ccc(NC(=O)c2ccc(Br)c(S(N)(=O)=O)c2)c(OC)c1. The minimum atomic E-state index is -3.95. The lowest BCUT2D eigenvalue weighted by Crippen LogP contribution is -2.16. The van der Waals surface area contributed by atoms with Crippen molar-refractivity contribution >= 4 is 37.5 Å². The van der Waals surface area contributed by atoms with Gasteiger partial charge in [-0.1, -0.05) is 0 Å². The summed E-state index contributed by atoms with van der Waals surface area (Å²) in [6.07, 6.45) is 0. The molecule has 2 rings (SSSR count). The van der Waals surface area contributed by atoms with Gasteiger partial charge in [0.15, 0.2) is 0 Å². The maximum absolute atomic E-state index is 12.4.